The Morgan fingerprint density at radius 1 is 1.48 bits per heavy atom. The third-order valence-electron chi connectivity index (χ3n) is 3.66. The highest BCUT2D eigenvalue weighted by atomic mass is 35.5. The van der Waals surface area contributed by atoms with Crippen molar-refractivity contribution in [1.82, 2.24) is 5.32 Å². The molecule has 1 aliphatic heterocycles. The molecule has 1 amide bonds. The highest BCUT2D eigenvalue weighted by Gasteiger charge is 2.31. The summed E-state index contributed by atoms with van der Waals surface area (Å²) in [5.74, 6) is -1.67. The third kappa shape index (κ3) is 3.95. The zero-order valence-electron chi connectivity index (χ0n) is 11.8. The maximum absolute atomic E-state index is 12.3. The van der Waals surface area contributed by atoms with E-state index in [-0.39, 0.29) is 5.92 Å². The fourth-order valence-electron chi connectivity index (χ4n) is 2.47. The van der Waals surface area contributed by atoms with Crippen LogP contribution in [-0.2, 0) is 9.53 Å². The van der Waals surface area contributed by atoms with Crippen molar-refractivity contribution in [3.8, 4) is 0 Å². The van der Waals surface area contributed by atoms with E-state index >= 15 is 0 Å². The van der Waals surface area contributed by atoms with Gasteiger partial charge in [0.2, 0.25) is 0 Å². The monoisotopic (exact) mass is 311 g/mol. The number of aliphatic carboxylic acids is 1. The molecule has 1 saturated heterocycles. The van der Waals surface area contributed by atoms with Crippen LogP contribution in [0.5, 0.6) is 0 Å². The molecule has 1 aliphatic rings. The van der Waals surface area contributed by atoms with Gasteiger partial charge in [0.05, 0.1) is 6.61 Å². The fraction of sp³-hybridized carbons (Fsp3) is 0.467. The van der Waals surface area contributed by atoms with Crippen LogP contribution in [0, 0.1) is 12.8 Å². The van der Waals surface area contributed by atoms with Gasteiger partial charge >= 0.3 is 5.97 Å². The molecular formula is C15H18ClNO4. The number of carbonyl (C=O) groups is 2. The lowest BCUT2D eigenvalue weighted by molar-refractivity contribution is -0.142. The van der Waals surface area contributed by atoms with Gasteiger partial charge in [0.1, 0.15) is 6.04 Å². The highest BCUT2D eigenvalue weighted by Crippen LogP contribution is 2.20. The number of ether oxygens (including phenoxy) is 1. The second-order valence-corrected chi connectivity index (χ2v) is 5.66. The molecule has 1 aromatic carbocycles. The van der Waals surface area contributed by atoms with E-state index in [1.54, 1.807) is 25.1 Å². The Balaban J connectivity index is 2.14. The number of hydrogen-bond donors (Lipinski definition) is 2. The van der Waals surface area contributed by atoms with Gasteiger partial charge in [0.15, 0.2) is 0 Å². The molecule has 0 bridgehead atoms. The van der Waals surface area contributed by atoms with Gasteiger partial charge in [-0.1, -0.05) is 17.7 Å². The molecular weight excluding hydrogens is 294 g/mol. The van der Waals surface area contributed by atoms with Gasteiger partial charge in [-0.3, -0.25) is 4.79 Å². The van der Waals surface area contributed by atoms with Crippen molar-refractivity contribution in [3.63, 3.8) is 0 Å². The van der Waals surface area contributed by atoms with Crippen LogP contribution in [0.2, 0.25) is 5.02 Å². The number of aryl methyl sites for hydroxylation is 1. The SMILES string of the molecule is Cc1ccc(Cl)cc1C(=O)NC(C(=O)O)C1CCCOC1. The Morgan fingerprint density at radius 3 is 2.86 bits per heavy atom. The van der Waals surface area contributed by atoms with Crippen LogP contribution in [0.3, 0.4) is 0 Å². The summed E-state index contributed by atoms with van der Waals surface area (Å²) in [6.07, 6.45) is 1.53. The van der Waals surface area contributed by atoms with Crippen molar-refractivity contribution in [2.45, 2.75) is 25.8 Å². The second-order valence-electron chi connectivity index (χ2n) is 5.23. The quantitative estimate of drug-likeness (QED) is 0.894. The predicted octanol–water partition coefficient (Wildman–Crippen LogP) is 2.26. The summed E-state index contributed by atoms with van der Waals surface area (Å²) in [6, 6.07) is 4.02. The predicted molar refractivity (Wildman–Crippen MR) is 78.6 cm³/mol. The van der Waals surface area contributed by atoms with Crippen molar-refractivity contribution in [2.75, 3.05) is 13.2 Å². The number of carboxylic acid groups (broad SMARTS) is 1. The largest absolute Gasteiger partial charge is 0.480 e. The molecule has 1 heterocycles. The summed E-state index contributed by atoms with van der Waals surface area (Å²) in [6.45, 7) is 2.78. The van der Waals surface area contributed by atoms with E-state index in [4.69, 9.17) is 16.3 Å². The van der Waals surface area contributed by atoms with E-state index in [2.05, 4.69) is 5.32 Å². The lowest BCUT2D eigenvalue weighted by Crippen LogP contribution is -2.48. The Bertz CT molecular complexity index is 540. The van der Waals surface area contributed by atoms with E-state index in [1.807, 2.05) is 0 Å². The zero-order chi connectivity index (χ0) is 15.4. The molecule has 1 fully saturated rings. The van der Waals surface area contributed by atoms with Crippen LogP contribution in [0.4, 0.5) is 0 Å². The van der Waals surface area contributed by atoms with E-state index in [0.717, 1.165) is 18.4 Å². The number of amides is 1. The molecule has 2 unspecified atom stereocenters. The van der Waals surface area contributed by atoms with Crippen molar-refractivity contribution < 1.29 is 19.4 Å². The number of benzene rings is 1. The minimum atomic E-state index is -1.04. The van der Waals surface area contributed by atoms with Gasteiger partial charge in [0, 0.05) is 23.1 Å². The molecule has 0 saturated carbocycles. The molecule has 6 heteroatoms. The van der Waals surface area contributed by atoms with E-state index in [0.29, 0.717) is 23.8 Å². The van der Waals surface area contributed by atoms with Crippen LogP contribution in [0.1, 0.15) is 28.8 Å². The van der Waals surface area contributed by atoms with Crippen molar-refractivity contribution in [2.24, 2.45) is 5.92 Å². The van der Waals surface area contributed by atoms with Gasteiger partial charge in [-0.25, -0.2) is 4.79 Å². The smallest absolute Gasteiger partial charge is 0.326 e. The highest BCUT2D eigenvalue weighted by molar-refractivity contribution is 6.31. The number of hydrogen-bond acceptors (Lipinski definition) is 3. The van der Waals surface area contributed by atoms with Gasteiger partial charge in [0.25, 0.3) is 5.91 Å². The summed E-state index contributed by atoms with van der Waals surface area (Å²) < 4.78 is 5.31. The summed E-state index contributed by atoms with van der Waals surface area (Å²) >= 11 is 5.89. The number of rotatable bonds is 4. The lowest BCUT2D eigenvalue weighted by atomic mass is 9.93. The molecule has 21 heavy (non-hydrogen) atoms. The molecule has 0 aliphatic carbocycles. The first-order chi connectivity index (χ1) is 9.99. The lowest BCUT2D eigenvalue weighted by Gasteiger charge is -2.28. The normalized spacial score (nSPS) is 19.8. The average Bonchev–Trinajstić information content (AvgIpc) is 2.47. The van der Waals surface area contributed by atoms with Gasteiger partial charge < -0.3 is 15.2 Å². The van der Waals surface area contributed by atoms with Gasteiger partial charge in [-0.05, 0) is 37.5 Å². The summed E-state index contributed by atoms with van der Waals surface area (Å²) in [4.78, 5) is 23.7. The Hall–Kier alpha value is -1.59. The number of nitrogens with one attached hydrogen (secondary N) is 1. The third-order valence-corrected chi connectivity index (χ3v) is 3.90. The first-order valence-electron chi connectivity index (χ1n) is 6.86. The summed E-state index contributed by atoms with van der Waals surface area (Å²) in [5, 5.41) is 12.4. The number of halogens is 1. The molecule has 1 aromatic rings. The maximum Gasteiger partial charge on any atom is 0.326 e. The molecule has 2 N–H and O–H groups in total. The molecule has 2 atom stereocenters. The van der Waals surface area contributed by atoms with E-state index in [9.17, 15) is 14.7 Å². The first-order valence-corrected chi connectivity index (χ1v) is 7.24. The van der Waals surface area contributed by atoms with E-state index < -0.39 is 17.9 Å². The van der Waals surface area contributed by atoms with Crippen LogP contribution >= 0.6 is 11.6 Å². The zero-order valence-corrected chi connectivity index (χ0v) is 12.5. The minimum Gasteiger partial charge on any atom is -0.480 e. The van der Waals surface area contributed by atoms with Gasteiger partial charge in [-0.15, -0.1) is 0 Å². The standard InChI is InChI=1S/C15H18ClNO4/c1-9-4-5-11(16)7-12(9)14(18)17-13(15(19)20)10-3-2-6-21-8-10/h4-5,7,10,13H,2-3,6,8H2,1H3,(H,17,18)(H,19,20). The van der Waals surface area contributed by atoms with Gasteiger partial charge in [-0.2, -0.15) is 0 Å². The van der Waals surface area contributed by atoms with E-state index in [1.165, 1.54) is 0 Å². The molecule has 0 radical (unpaired) electrons. The maximum atomic E-state index is 12.3. The first kappa shape index (κ1) is 15.8. The van der Waals surface area contributed by atoms with Crippen LogP contribution in [0.25, 0.3) is 0 Å². The van der Waals surface area contributed by atoms with Crippen LogP contribution < -0.4 is 5.32 Å². The van der Waals surface area contributed by atoms with Crippen molar-refractivity contribution >= 4 is 23.5 Å². The average molecular weight is 312 g/mol. The number of carboxylic acids is 1. The summed E-state index contributed by atoms with van der Waals surface area (Å²) in [7, 11) is 0. The molecule has 114 valence electrons. The summed E-state index contributed by atoms with van der Waals surface area (Å²) in [5.41, 5.74) is 1.14. The molecule has 0 spiro atoms. The van der Waals surface area contributed by atoms with Crippen molar-refractivity contribution in [3.05, 3.63) is 34.3 Å². The van der Waals surface area contributed by atoms with Crippen LogP contribution in [0.15, 0.2) is 18.2 Å². The second kappa shape index (κ2) is 6.91. The number of carbonyl (C=O) groups excluding carboxylic acids is 1. The Labute approximate surface area is 128 Å². The molecule has 2 rings (SSSR count). The topological polar surface area (TPSA) is 75.6 Å². The van der Waals surface area contributed by atoms with Crippen molar-refractivity contribution in [1.29, 1.82) is 0 Å². The fourth-order valence-corrected chi connectivity index (χ4v) is 2.64. The molecule has 0 aromatic heterocycles. The van der Waals surface area contributed by atoms with Crippen LogP contribution in [-0.4, -0.2) is 36.2 Å². The Morgan fingerprint density at radius 2 is 2.24 bits per heavy atom. The Kier molecular flexibility index (Phi) is 5.20. The minimum absolute atomic E-state index is 0.209. The molecule has 5 nitrogen and oxygen atoms in total.